The van der Waals surface area contributed by atoms with Crippen LogP contribution in [0.4, 0.5) is 0 Å². The van der Waals surface area contributed by atoms with Crippen LogP contribution < -0.4 is 0 Å². The summed E-state index contributed by atoms with van der Waals surface area (Å²) in [5.74, 6) is 1.39. The smallest absolute Gasteiger partial charge is 0.255 e. The average Bonchev–Trinajstić information content (AvgIpc) is 3.07. The van der Waals surface area contributed by atoms with Gasteiger partial charge in [-0.1, -0.05) is 23.7 Å². The molecule has 1 saturated heterocycles. The number of aromatic nitrogens is 2. The van der Waals surface area contributed by atoms with Gasteiger partial charge in [-0.3, -0.25) is 4.79 Å². The minimum atomic E-state index is 0.0241. The van der Waals surface area contributed by atoms with Crippen LogP contribution in [-0.4, -0.2) is 33.4 Å². The SMILES string of the molecule is Cc1cccc(C(=O)N2CCCC(c3nccn3C(C)C)C2)c1Cl. The van der Waals surface area contributed by atoms with Gasteiger partial charge in [0.05, 0.1) is 10.6 Å². The number of carbonyl (C=O) groups excluding carboxylic acids is 1. The average molecular weight is 346 g/mol. The van der Waals surface area contributed by atoms with Crippen LogP contribution in [0.1, 0.15) is 60.4 Å². The number of piperidine rings is 1. The van der Waals surface area contributed by atoms with E-state index in [9.17, 15) is 4.79 Å². The Labute approximate surface area is 148 Å². The molecule has 2 aromatic rings. The standard InChI is InChI=1S/C19H24ClN3O/c1-13(2)23-11-9-21-18(23)15-7-5-10-22(12-15)19(24)16-8-4-6-14(3)17(16)20/h4,6,8-9,11,13,15H,5,7,10,12H2,1-3H3. The van der Waals surface area contributed by atoms with E-state index in [4.69, 9.17) is 11.6 Å². The third kappa shape index (κ3) is 3.20. The molecule has 24 heavy (non-hydrogen) atoms. The van der Waals surface area contributed by atoms with Crippen molar-refractivity contribution < 1.29 is 4.79 Å². The zero-order valence-corrected chi connectivity index (χ0v) is 15.3. The van der Waals surface area contributed by atoms with Crippen molar-refractivity contribution in [1.82, 2.24) is 14.5 Å². The van der Waals surface area contributed by atoms with E-state index in [0.29, 0.717) is 23.2 Å². The molecule has 0 spiro atoms. The Bertz CT molecular complexity index is 738. The Hall–Kier alpha value is -1.81. The second-order valence-electron chi connectivity index (χ2n) is 6.81. The van der Waals surface area contributed by atoms with Crippen molar-refractivity contribution in [3.05, 3.63) is 52.6 Å². The maximum Gasteiger partial charge on any atom is 0.255 e. The van der Waals surface area contributed by atoms with Crippen LogP contribution in [0.15, 0.2) is 30.6 Å². The number of imidazole rings is 1. The summed E-state index contributed by atoms with van der Waals surface area (Å²) in [5, 5.41) is 0.563. The molecule has 1 unspecified atom stereocenters. The fourth-order valence-corrected chi connectivity index (χ4v) is 3.64. The first-order valence-electron chi connectivity index (χ1n) is 8.56. The Morgan fingerprint density at radius 1 is 1.38 bits per heavy atom. The predicted molar refractivity (Wildman–Crippen MR) is 96.7 cm³/mol. The minimum absolute atomic E-state index is 0.0241. The molecule has 128 valence electrons. The summed E-state index contributed by atoms with van der Waals surface area (Å²) in [6.07, 6.45) is 5.94. The van der Waals surface area contributed by atoms with Gasteiger partial charge in [-0.15, -0.1) is 0 Å². The highest BCUT2D eigenvalue weighted by atomic mass is 35.5. The number of aryl methyl sites for hydroxylation is 1. The van der Waals surface area contributed by atoms with Crippen LogP contribution in [0.2, 0.25) is 5.02 Å². The quantitative estimate of drug-likeness (QED) is 0.824. The van der Waals surface area contributed by atoms with Gasteiger partial charge in [0, 0.05) is 37.4 Å². The molecule has 1 aromatic heterocycles. The highest BCUT2D eigenvalue weighted by Gasteiger charge is 2.29. The Kier molecular flexibility index (Phi) is 4.95. The molecule has 1 aromatic carbocycles. The summed E-state index contributed by atoms with van der Waals surface area (Å²) in [4.78, 5) is 19.4. The van der Waals surface area contributed by atoms with E-state index < -0.39 is 0 Å². The fraction of sp³-hybridized carbons (Fsp3) is 0.474. The predicted octanol–water partition coefficient (Wildman–Crippen LogP) is 4.45. The number of carbonyl (C=O) groups is 1. The van der Waals surface area contributed by atoms with Crippen LogP contribution in [0.25, 0.3) is 0 Å². The fourth-order valence-electron chi connectivity index (χ4n) is 3.43. The molecule has 1 aliphatic heterocycles. The molecule has 0 radical (unpaired) electrons. The number of benzene rings is 1. The van der Waals surface area contributed by atoms with E-state index >= 15 is 0 Å². The minimum Gasteiger partial charge on any atom is -0.338 e. The van der Waals surface area contributed by atoms with Gasteiger partial charge in [-0.25, -0.2) is 4.98 Å². The van der Waals surface area contributed by atoms with E-state index in [1.807, 2.05) is 42.4 Å². The second kappa shape index (κ2) is 6.98. The molecule has 0 N–H and O–H groups in total. The zero-order chi connectivity index (χ0) is 17.3. The topological polar surface area (TPSA) is 38.1 Å². The van der Waals surface area contributed by atoms with Crippen molar-refractivity contribution in [3.8, 4) is 0 Å². The van der Waals surface area contributed by atoms with E-state index in [1.54, 1.807) is 0 Å². The van der Waals surface area contributed by atoms with Gasteiger partial charge in [0.1, 0.15) is 5.82 Å². The van der Waals surface area contributed by atoms with Gasteiger partial charge >= 0.3 is 0 Å². The molecule has 4 nitrogen and oxygen atoms in total. The van der Waals surface area contributed by atoms with Crippen molar-refractivity contribution in [1.29, 1.82) is 0 Å². The Morgan fingerprint density at radius 3 is 2.92 bits per heavy atom. The molecule has 2 heterocycles. The molecule has 1 atom stereocenters. The van der Waals surface area contributed by atoms with Crippen LogP contribution >= 0.6 is 11.6 Å². The van der Waals surface area contributed by atoms with E-state index in [-0.39, 0.29) is 11.8 Å². The molecule has 5 heteroatoms. The van der Waals surface area contributed by atoms with Crippen molar-refractivity contribution in [2.45, 2.75) is 45.6 Å². The first-order valence-corrected chi connectivity index (χ1v) is 8.94. The third-order valence-electron chi connectivity index (χ3n) is 4.75. The second-order valence-corrected chi connectivity index (χ2v) is 7.19. The lowest BCUT2D eigenvalue weighted by atomic mass is 9.96. The lowest BCUT2D eigenvalue weighted by Crippen LogP contribution is -2.40. The normalized spacial score (nSPS) is 18.2. The summed E-state index contributed by atoms with van der Waals surface area (Å²) < 4.78 is 2.21. The molecule has 1 aliphatic rings. The van der Waals surface area contributed by atoms with Gasteiger partial charge in [0.15, 0.2) is 0 Å². The van der Waals surface area contributed by atoms with E-state index in [2.05, 4.69) is 23.4 Å². The number of hydrogen-bond donors (Lipinski definition) is 0. The van der Waals surface area contributed by atoms with Gasteiger partial charge in [-0.05, 0) is 45.2 Å². The monoisotopic (exact) mass is 345 g/mol. The van der Waals surface area contributed by atoms with Crippen LogP contribution in [-0.2, 0) is 0 Å². The number of nitrogens with zero attached hydrogens (tertiary/aromatic N) is 3. The first-order chi connectivity index (χ1) is 11.5. The van der Waals surface area contributed by atoms with Crippen molar-refractivity contribution in [2.75, 3.05) is 13.1 Å². The Balaban J connectivity index is 1.82. The van der Waals surface area contributed by atoms with Crippen LogP contribution in [0.3, 0.4) is 0 Å². The highest BCUT2D eigenvalue weighted by Crippen LogP contribution is 2.29. The number of rotatable bonds is 3. The number of amides is 1. The van der Waals surface area contributed by atoms with Crippen molar-refractivity contribution in [3.63, 3.8) is 0 Å². The molecule has 3 rings (SSSR count). The first kappa shape index (κ1) is 17.0. The summed E-state index contributed by atoms with van der Waals surface area (Å²) in [7, 11) is 0. The maximum atomic E-state index is 12.9. The molecule has 1 amide bonds. The van der Waals surface area contributed by atoms with Crippen LogP contribution in [0, 0.1) is 6.92 Å². The van der Waals surface area contributed by atoms with E-state index in [0.717, 1.165) is 30.8 Å². The van der Waals surface area contributed by atoms with E-state index in [1.165, 1.54) is 0 Å². The lowest BCUT2D eigenvalue weighted by Gasteiger charge is -2.33. The summed E-state index contributed by atoms with van der Waals surface area (Å²) >= 11 is 6.35. The van der Waals surface area contributed by atoms with Gasteiger partial charge in [0.25, 0.3) is 5.91 Å². The number of likely N-dealkylation sites (tertiary alicyclic amines) is 1. The summed E-state index contributed by atoms with van der Waals surface area (Å²) in [6.45, 7) is 7.72. The Morgan fingerprint density at radius 2 is 2.17 bits per heavy atom. The summed E-state index contributed by atoms with van der Waals surface area (Å²) in [5.41, 5.74) is 1.54. The molecular formula is C19H24ClN3O. The molecule has 0 saturated carbocycles. The molecule has 1 fully saturated rings. The third-order valence-corrected chi connectivity index (χ3v) is 5.25. The number of hydrogen-bond acceptors (Lipinski definition) is 2. The number of halogens is 1. The van der Waals surface area contributed by atoms with Gasteiger partial charge < -0.3 is 9.47 Å². The molecular weight excluding hydrogens is 322 g/mol. The lowest BCUT2D eigenvalue weighted by molar-refractivity contribution is 0.0703. The molecule has 0 aliphatic carbocycles. The van der Waals surface area contributed by atoms with Crippen LogP contribution in [0.5, 0.6) is 0 Å². The summed E-state index contributed by atoms with van der Waals surface area (Å²) in [6, 6.07) is 6.01. The van der Waals surface area contributed by atoms with Gasteiger partial charge in [-0.2, -0.15) is 0 Å². The van der Waals surface area contributed by atoms with Crippen molar-refractivity contribution >= 4 is 17.5 Å². The largest absolute Gasteiger partial charge is 0.338 e. The maximum absolute atomic E-state index is 12.9. The molecule has 0 bridgehead atoms. The van der Waals surface area contributed by atoms with Gasteiger partial charge in [0.2, 0.25) is 0 Å². The zero-order valence-electron chi connectivity index (χ0n) is 14.5. The highest BCUT2D eigenvalue weighted by molar-refractivity contribution is 6.34. The van der Waals surface area contributed by atoms with Crippen molar-refractivity contribution in [2.24, 2.45) is 0 Å².